The molecule has 12 heteroatoms. The molecule has 2 amide bonds. The number of hydrogen-bond donors (Lipinski definition) is 2. The third-order valence-electron chi connectivity index (χ3n) is 8.68. The standard InChI is InChI=1S/C36H48N8O2S2/c1-5-12-28(34-40-42-36(48-34)38-32(46)24-27-14-11-16-30(22-27)44-18-8-9-19-44)20-25(4)33-39-41-35(47-33)37-31(45)23-26-13-10-15-29(21-26)43(7-3)17-6-2/h10-11,13-16,21-22,25,28H,5-9,12,17-20,23-24H2,1-4H3,(H,37,41,45)(H,38,42,46)/t25?,28-/m0/s1. The molecule has 0 bridgehead atoms. The maximum atomic E-state index is 12.9. The van der Waals surface area contributed by atoms with E-state index in [0.717, 1.165) is 78.7 Å². The number of nitrogens with zero attached hydrogens (tertiary/aromatic N) is 6. The molecule has 4 aromatic rings. The maximum absolute atomic E-state index is 12.9. The van der Waals surface area contributed by atoms with Gasteiger partial charge in [-0.2, -0.15) is 0 Å². The van der Waals surface area contributed by atoms with E-state index in [0.29, 0.717) is 16.7 Å². The van der Waals surface area contributed by atoms with Gasteiger partial charge in [0.15, 0.2) is 0 Å². The second-order valence-corrected chi connectivity index (χ2v) is 14.6. The molecule has 1 aliphatic rings. The summed E-state index contributed by atoms with van der Waals surface area (Å²) in [6.45, 7) is 12.7. The fourth-order valence-corrected chi connectivity index (χ4v) is 8.02. The molecule has 1 saturated heterocycles. The smallest absolute Gasteiger partial charge is 0.230 e. The summed E-state index contributed by atoms with van der Waals surface area (Å²) >= 11 is 2.87. The first-order valence-electron chi connectivity index (χ1n) is 17.3. The van der Waals surface area contributed by atoms with Gasteiger partial charge in [-0.05, 0) is 74.4 Å². The van der Waals surface area contributed by atoms with Gasteiger partial charge < -0.3 is 20.4 Å². The van der Waals surface area contributed by atoms with Gasteiger partial charge in [0.1, 0.15) is 10.0 Å². The second-order valence-electron chi connectivity index (χ2n) is 12.6. The molecular formula is C36H48N8O2S2. The normalized spacial score (nSPS) is 14.1. The van der Waals surface area contributed by atoms with E-state index in [4.69, 9.17) is 0 Å². The van der Waals surface area contributed by atoms with Crippen LogP contribution in [0, 0.1) is 0 Å². The van der Waals surface area contributed by atoms with Crippen LogP contribution in [0.4, 0.5) is 21.6 Å². The third kappa shape index (κ3) is 9.82. The quantitative estimate of drug-likeness (QED) is 0.116. The third-order valence-corrected chi connectivity index (χ3v) is 10.8. The van der Waals surface area contributed by atoms with Crippen LogP contribution in [0.15, 0.2) is 48.5 Å². The van der Waals surface area contributed by atoms with Crippen molar-refractivity contribution in [3.63, 3.8) is 0 Å². The van der Waals surface area contributed by atoms with Crippen molar-refractivity contribution in [3.05, 3.63) is 69.7 Å². The van der Waals surface area contributed by atoms with Crippen LogP contribution >= 0.6 is 22.7 Å². The summed E-state index contributed by atoms with van der Waals surface area (Å²) in [7, 11) is 0. The lowest BCUT2D eigenvalue weighted by atomic mass is 9.93. The fourth-order valence-electron chi connectivity index (χ4n) is 6.29. The Morgan fingerprint density at radius 3 is 2.10 bits per heavy atom. The molecule has 1 unspecified atom stereocenters. The zero-order chi connectivity index (χ0) is 33.9. The largest absolute Gasteiger partial charge is 0.372 e. The van der Waals surface area contributed by atoms with Gasteiger partial charge in [0, 0.05) is 49.4 Å². The van der Waals surface area contributed by atoms with Crippen LogP contribution < -0.4 is 20.4 Å². The van der Waals surface area contributed by atoms with E-state index in [1.54, 1.807) is 0 Å². The molecule has 256 valence electrons. The zero-order valence-electron chi connectivity index (χ0n) is 28.6. The van der Waals surface area contributed by atoms with Gasteiger partial charge in [-0.25, -0.2) is 0 Å². The second kappa shape index (κ2) is 17.5. The zero-order valence-corrected chi connectivity index (χ0v) is 30.2. The number of aromatic nitrogens is 4. The summed E-state index contributed by atoms with van der Waals surface area (Å²) in [5, 5.41) is 26.2. The summed E-state index contributed by atoms with van der Waals surface area (Å²) in [5.74, 6) is 0.0968. The van der Waals surface area contributed by atoms with E-state index >= 15 is 0 Å². The summed E-state index contributed by atoms with van der Waals surface area (Å²) in [5.41, 5.74) is 4.29. The van der Waals surface area contributed by atoms with Crippen molar-refractivity contribution in [2.45, 2.75) is 90.9 Å². The molecule has 0 aliphatic carbocycles. The van der Waals surface area contributed by atoms with Gasteiger partial charge in [0.2, 0.25) is 22.1 Å². The first-order valence-corrected chi connectivity index (χ1v) is 18.9. The van der Waals surface area contributed by atoms with Crippen LogP contribution in [0.1, 0.15) is 99.2 Å². The Bertz CT molecular complexity index is 1630. The van der Waals surface area contributed by atoms with Gasteiger partial charge in [-0.3, -0.25) is 9.59 Å². The van der Waals surface area contributed by atoms with E-state index in [1.165, 1.54) is 41.2 Å². The lowest BCUT2D eigenvalue weighted by molar-refractivity contribution is -0.116. The molecule has 2 aromatic carbocycles. The number of amides is 2. The minimum atomic E-state index is -0.104. The van der Waals surface area contributed by atoms with Crippen molar-refractivity contribution in [2.75, 3.05) is 46.6 Å². The highest BCUT2D eigenvalue weighted by atomic mass is 32.1. The van der Waals surface area contributed by atoms with Gasteiger partial charge in [-0.15, -0.1) is 20.4 Å². The number of benzene rings is 2. The molecule has 2 aromatic heterocycles. The summed E-state index contributed by atoms with van der Waals surface area (Å²) < 4.78 is 0. The van der Waals surface area contributed by atoms with Crippen molar-refractivity contribution < 1.29 is 9.59 Å². The summed E-state index contributed by atoms with van der Waals surface area (Å²) in [6, 6.07) is 16.5. The van der Waals surface area contributed by atoms with Gasteiger partial charge in [-0.1, -0.05) is 74.1 Å². The lowest BCUT2D eigenvalue weighted by Crippen LogP contribution is -2.23. The van der Waals surface area contributed by atoms with E-state index in [2.05, 4.69) is 92.8 Å². The Balaban J connectivity index is 1.14. The molecule has 0 spiro atoms. The number of hydrogen-bond acceptors (Lipinski definition) is 10. The van der Waals surface area contributed by atoms with Gasteiger partial charge >= 0.3 is 0 Å². The van der Waals surface area contributed by atoms with Crippen LogP contribution in [0.5, 0.6) is 0 Å². The van der Waals surface area contributed by atoms with E-state index in [-0.39, 0.29) is 30.1 Å². The Morgan fingerprint density at radius 2 is 1.46 bits per heavy atom. The molecule has 1 fully saturated rings. The molecule has 0 radical (unpaired) electrons. The van der Waals surface area contributed by atoms with E-state index in [1.807, 2.05) is 24.3 Å². The average Bonchev–Trinajstić information content (AvgIpc) is 3.87. The molecule has 10 nitrogen and oxygen atoms in total. The average molecular weight is 689 g/mol. The minimum Gasteiger partial charge on any atom is -0.372 e. The molecule has 48 heavy (non-hydrogen) atoms. The molecule has 5 rings (SSSR count). The van der Waals surface area contributed by atoms with Crippen molar-refractivity contribution in [1.82, 2.24) is 20.4 Å². The Labute approximate surface area is 292 Å². The molecule has 2 N–H and O–H groups in total. The van der Waals surface area contributed by atoms with Gasteiger partial charge in [0.25, 0.3) is 0 Å². The maximum Gasteiger partial charge on any atom is 0.230 e. The predicted molar refractivity (Wildman–Crippen MR) is 198 cm³/mol. The highest BCUT2D eigenvalue weighted by Crippen LogP contribution is 2.37. The van der Waals surface area contributed by atoms with Crippen molar-refractivity contribution >= 4 is 56.1 Å². The highest BCUT2D eigenvalue weighted by Gasteiger charge is 2.23. The number of carbonyl (C=O) groups is 2. The van der Waals surface area contributed by atoms with Crippen molar-refractivity contribution in [3.8, 4) is 0 Å². The SMILES string of the molecule is CCC[C@@H](CC(C)c1nnc(NC(=O)Cc2cccc(N(CC)CCC)c2)s1)c1nnc(NC(=O)Cc2cccc(N3CCCC3)c2)s1. The van der Waals surface area contributed by atoms with Crippen LogP contribution in [0.3, 0.4) is 0 Å². The molecule has 2 atom stereocenters. The lowest BCUT2D eigenvalue weighted by Gasteiger charge is -2.22. The monoisotopic (exact) mass is 688 g/mol. The Kier molecular flexibility index (Phi) is 12.9. The number of nitrogens with one attached hydrogen (secondary N) is 2. The van der Waals surface area contributed by atoms with E-state index in [9.17, 15) is 9.59 Å². The molecule has 0 saturated carbocycles. The number of anilines is 4. The predicted octanol–water partition coefficient (Wildman–Crippen LogP) is 7.67. The topological polar surface area (TPSA) is 116 Å². The molecule has 3 heterocycles. The Morgan fingerprint density at radius 1 is 0.833 bits per heavy atom. The van der Waals surface area contributed by atoms with Gasteiger partial charge in [0.05, 0.1) is 12.8 Å². The Hall–Kier alpha value is -3.90. The van der Waals surface area contributed by atoms with Crippen LogP contribution in [0.2, 0.25) is 0 Å². The first kappa shape index (κ1) is 35.4. The number of carbonyl (C=O) groups excluding carboxylic acids is 2. The molecule has 1 aliphatic heterocycles. The molecular weight excluding hydrogens is 641 g/mol. The fraction of sp³-hybridized carbons (Fsp3) is 0.500. The summed E-state index contributed by atoms with van der Waals surface area (Å²) in [6.07, 6.45) is 6.85. The minimum absolute atomic E-state index is 0.0905. The highest BCUT2D eigenvalue weighted by molar-refractivity contribution is 7.15. The van der Waals surface area contributed by atoms with Crippen molar-refractivity contribution in [1.29, 1.82) is 0 Å². The summed E-state index contributed by atoms with van der Waals surface area (Å²) in [4.78, 5) is 30.5. The van der Waals surface area contributed by atoms with Crippen LogP contribution in [-0.4, -0.2) is 58.4 Å². The van der Waals surface area contributed by atoms with E-state index < -0.39 is 0 Å². The van der Waals surface area contributed by atoms with Crippen molar-refractivity contribution in [2.24, 2.45) is 0 Å². The van der Waals surface area contributed by atoms with Crippen LogP contribution in [-0.2, 0) is 22.4 Å². The first-order chi connectivity index (χ1) is 23.3. The number of rotatable bonds is 17. The van der Waals surface area contributed by atoms with Crippen LogP contribution in [0.25, 0.3) is 0 Å².